The number of carbonyl (C=O) groups excluding carboxylic acids is 2. The number of H-pyrrole nitrogens is 1. The first-order chi connectivity index (χ1) is 18.6. The Labute approximate surface area is 222 Å². The number of nitrogens with one attached hydrogen (secondary N) is 3. The molecular weight excluding hydrogens is 474 g/mol. The Hall–Kier alpha value is -4.25. The van der Waals surface area contributed by atoms with Gasteiger partial charge >= 0.3 is 0 Å². The minimum absolute atomic E-state index is 0.0337. The zero-order valence-electron chi connectivity index (χ0n) is 21.4. The second-order valence-corrected chi connectivity index (χ2v) is 9.71. The minimum Gasteiger partial charge on any atom is -0.360 e. The predicted octanol–water partition coefficient (Wildman–Crippen LogP) is 4.23. The van der Waals surface area contributed by atoms with Crippen LogP contribution in [0.1, 0.15) is 50.4 Å². The number of fused-ring (bicyclic) bond motifs is 1. The highest BCUT2D eigenvalue weighted by molar-refractivity contribution is 6.11. The maximum atomic E-state index is 13.8. The number of aromatic amines is 1. The number of hydrogen-bond acceptors (Lipinski definition) is 5. The molecule has 4 aromatic rings. The summed E-state index contributed by atoms with van der Waals surface area (Å²) in [7, 11) is 0. The fourth-order valence-electron chi connectivity index (χ4n) is 4.93. The van der Waals surface area contributed by atoms with Gasteiger partial charge in [-0.25, -0.2) is 0 Å². The smallest absolute Gasteiger partial charge is 0.251 e. The summed E-state index contributed by atoms with van der Waals surface area (Å²) in [4.78, 5) is 32.0. The van der Waals surface area contributed by atoms with Crippen molar-refractivity contribution in [1.29, 1.82) is 5.26 Å². The highest BCUT2D eigenvalue weighted by Gasteiger charge is 2.27. The monoisotopic (exact) mass is 505 g/mol. The number of amides is 1. The Balaban J connectivity index is 1.31. The molecule has 0 spiro atoms. The summed E-state index contributed by atoms with van der Waals surface area (Å²) in [6.07, 6.45) is 2.46. The third-order valence-electron chi connectivity index (χ3n) is 7.19. The van der Waals surface area contributed by atoms with Crippen molar-refractivity contribution in [2.75, 3.05) is 26.2 Å². The van der Waals surface area contributed by atoms with E-state index in [-0.39, 0.29) is 17.7 Å². The number of Topliss-reactive ketones (excluding diaryl/α,β-unsaturated/α-hetero) is 1. The highest BCUT2D eigenvalue weighted by atomic mass is 16.1. The Morgan fingerprint density at radius 1 is 1.08 bits per heavy atom. The third kappa shape index (κ3) is 5.52. The van der Waals surface area contributed by atoms with Crippen LogP contribution in [-0.2, 0) is 6.42 Å². The van der Waals surface area contributed by atoms with Gasteiger partial charge in [0.15, 0.2) is 5.78 Å². The molecule has 38 heavy (non-hydrogen) atoms. The summed E-state index contributed by atoms with van der Waals surface area (Å²) >= 11 is 0. The van der Waals surface area contributed by atoms with Crippen LogP contribution in [0.3, 0.4) is 0 Å². The molecule has 1 atom stereocenters. The maximum absolute atomic E-state index is 13.8. The molecule has 7 heteroatoms. The van der Waals surface area contributed by atoms with E-state index in [2.05, 4.69) is 33.5 Å². The van der Waals surface area contributed by atoms with Gasteiger partial charge in [-0.2, -0.15) is 5.26 Å². The molecule has 1 fully saturated rings. The van der Waals surface area contributed by atoms with Crippen LogP contribution in [0.2, 0.25) is 0 Å². The van der Waals surface area contributed by atoms with Crippen molar-refractivity contribution in [3.05, 3.63) is 107 Å². The van der Waals surface area contributed by atoms with Gasteiger partial charge in [0.05, 0.1) is 23.7 Å². The number of rotatable bonds is 10. The quantitative estimate of drug-likeness (QED) is 0.280. The van der Waals surface area contributed by atoms with Gasteiger partial charge in [-0.3, -0.25) is 14.5 Å². The molecule has 192 valence electrons. The molecule has 7 nitrogen and oxygen atoms in total. The summed E-state index contributed by atoms with van der Waals surface area (Å²) in [5.74, 6) is -0.129. The number of likely N-dealkylation sites (N-methyl/N-ethyl adjacent to an activating group) is 1. The number of benzene rings is 3. The van der Waals surface area contributed by atoms with Gasteiger partial charge in [0.1, 0.15) is 0 Å². The molecule has 0 radical (unpaired) electrons. The lowest BCUT2D eigenvalue weighted by atomic mass is 9.96. The number of carbonyl (C=O) groups is 2. The van der Waals surface area contributed by atoms with Crippen LogP contribution in [0, 0.1) is 11.3 Å². The molecule has 0 aliphatic carbocycles. The van der Waals surface area contributed by atoms with E-state index in [1.807, 2.05) is 66.7 Å². The topological polar surface area (TPSA) is 101 Å². The zero-order chi connectivity index (χ0) is 26.5. The van der Waals surface area contributed by atoms with Crippen LogP contribution in [0.5, 0.6) is 0 Å². The molecule has 0 saturated carbocycles. The van der Waals surface area contributed by atoms with Crippen LogP contribution in [0.15, 0.2) is 79.0 Å². The molecule has 2 heterocycles. The molecule has 3 N–H and O–H groups in total. The average Bonchev–Trinajstić information content (AvgIpc) is 3.36. The zero-order valence-corrected chi connectivity index (χ0v) is 21.4. The van der Waals surface area contributed by atoms with Crippen molar-refractivity contribution < 1.29 is 9.59 Å². The SMILES string of the molecule is CCN1CC(NC(=O)c2ccc3c(C(=O)[C@@H](NCCc4ccc(C#N)cc4)c4ccccc4)c[nH]c3c2)C1. The Bertz CT molecular complexity index is 1460. The van der Waals surface area contributed by atoms with Gasteiger partial charge in [-0.15, -0.1) is 0 Å². The van der Waals surface area contributed by atoms with Crippen molar-refractivity contribution in [2.45, 2.75) is 25.4 Å². The first-order valence-corrected chi connectivity index (χ1v) is 13.0. The van der Waals surface area contributed by atoms with E-state index in [0.29, 0.717) is 23.2 Å². The van der Waals surface area contributed by atoms with Crippen LogP contribution in [0.25, 0.3) is 10.9 Å². The van der Waals surface area contributed by atoms with Crippen LogP contribution in [-0.4, -0.2) is 53.8 Å². The van der Waals surface area contributed by atoms with E-state index in [0.717, 1.165) is 48.1 Å². The second kappa shape index (κ2) is 11.4. The van der Waals surface area contributed by atoms with Gasteiger partial charge in [0.25, 0.3) is 5.91 Å². The van der Waals surface area contributed by atoms with E-state index < -0.39 is 6.04 Å². The van der Waals surface area contributed by atoms with E-state index >= 15 is 0 Å². The summed E-state index contributed by atoms with van der Waals surface area (Å²) in [5, 5.41) is 16.3. The molecule has 1 aliphatic rings. The lowest BCUT2D eigenvalue weighted by Crippen LogP contribution is -2.58. The summed E-state index contributed by atoms with van der Waals surface area (Å²) < 4.78 is 0. The summed E-state index contributed by atoms with van der Waals surface area (Å²) in [6, 6.07) is 24.5. The minimum atomic E-state index is -0.517. The van der Waals surface area contributed by atoms with Crippen molar-refractivity contribution in [3.63, 3.8) is 0 Å². The fraction of sp³-hybridized carbons (Fsp3) is 0.258. The van der Waals surface area contributed by atoms with Gasteiger partial charge in [-0.05, 0) is 48.4 Å². The van der Waals surface area contributed by atoms with Crippen molar-refractivity contribution in [3.8, 4) is 6.07 Å². The van der Waals surface area contributed by atoms with E-state index in [1.54, 1.807) is 12.3 Å². The van der Waals surface area contributed by atoms with Crippen LogP contribution >= 0.6 is 0 Å². The van der Waals surface area contributed by atoms with E-state index in [4.69, 9.17) is 5.26 Å². The Morgan fingerprint density at radius 2 is 1.84 bits per heavy atom. The molecule has 1 saturated heterocycles. The Kier molecular flexibility index (Phi) is 7.64. The molecule has 1 amide bonds. The van der Waals surface area contributed by atoms with E-state index in [1.165, 1.54) is 0 Å². The van der Waals surface area contributed by atoms with Gasteiger partial charge < -0.3 is 15.6 Å². The normalized spacial score (nSPS) is 14.5. The summed E-state index contributed by atoms with van der Waals surface area (Å²) in [6.45, 7) is 5.46. The van der Waals surface area contributed by atoms with Crippen molar-refractivity contribution in [1.82, 2.24) is 20.5 Å². The molecule has 0 unspecified atom stereocenters. The van der Waals surface area contributed by atoms with Crippen LogP contribution < -0.4 is 10.6 Å². The average molecular weight is 506 g/mol. The predicted molar refractivity (Wildman–Crippen MR) is 148 cm³/mol. The summed E-state index contributed by atoms with van der Waals surface area (Å²) in [5.41, 5.74) is 4.54. The molecule has 3 aromatic carbocycles. The molecular formula is C31H31N5O2. The highest BCUT2D eigenvalue weighted by Crippen LogP contribution is 2.26. The lowest BCUT2D eigenvalue weighted by molar-refractivity contribution is 0.0824. The maximum Gasteiger partial charge on any atom is 0.251 e. The largest absolute Gasteiger partial charge is 0.360 e. The number of nitrogens with zero attached hydrogens (tertiary/aromatic N) is 2. The van der Waals surface area contributed by atoms with Crippen molar-refractivity contribution in [2.24, 2.45) is 0 Å². The lowest BCUT2D eigenvalue weighted by Gasteiger charge is -2.38. The standard InChI is InChI=1S/C31H31N5O2/c1-2-36-19-25(20-36)35-31(38)24-12-13-26-27(18-34-28(26)16-24)30(37)29(23-6-4-3-5-7-23)33-15-14-21-8-10-22(17-32)11-9-21/h3-13,16,18,25,29,33-34H,2,14-15,19-20H2,1H3,(H,35,38)/t29-/m0/s1. The molecule has 5 rings (SSSR count). The van der Waals surface area contributed by atoms with Crippen LogP contribution in [0.4, 0.5) is 0 Å². The van der Waals surface area contributed by atoms with Crippen molar-refractivity contribution >= 4 is 22.6 Å². The molecule has 1 aliphatic heterocycles. The van der Waals surface area contributed by atoms with Gasteiger partial charge in [0.2, 0.25) is 0 Å². The van der Waals surface area contributed by atoms with Gasteiger partial charge in [0, 0.05) is 47.9 Å². The number of likely N-dealkylation sites (tertiary alicyclic amines) is 1. The second-order valence-electron chi connectivity index (χ2n) is 9.71. The molecule has 1 aromatic heterocycles. The number of nitriles is 1. The first kappa shape index (κ1) is 25.4. The third-order valence-corrected chi connectivity index (χ3v) is 7.19. The number of hydrogen-bond donors (Lipinski definition) is 3. The number of aromatic nitrogens is 1. The molecule has 0 bridgehead atoms. The Morgan fingerprint density at radius 3 is 2.55 bits per heavy atom. The number of ketones is 1. The first-order valence-electron chi connectivity index (χ1n) is 13.0. The van der Waals surface area contributed by atoms with Gasteiger partial charge in [-0.1, -0.05) is 55.5 Å². The van der Waals surface area contributed by atoms with E-state index in [9.17, 15) is 9.59 Å². The fourth-order valence-corrected chi connectivity index (χ4v) is 4.93.